The van der Waals surface area contributed by atoms with Crippen molar-refractivity contribution < 1.29 is 34.1 Å². The van der Waals surface area contributed by atoms with Gasteiger partial charge in [0.2, 0.25) is 0 Å². The van der Waals surface area contributed by atoms with Gasteiger partial charge in [-0.15, -0.1) is 0 Å². The second-order valence-electron chi connectivity index (χ2n) is 6.71. The number of benzene rings is 1. The minimum Gasteiger partial charge on any atom is -0.487 e. The first-order valence-electron chi connectivity index (χ1n) is 8.65. The average Bonchev–Trinajstić information content (AvgIpc) is 2.58. The lowest BCUT2D eigenvalue weighted by Crippen LogP contribution is -2.31. The molecule has 1 unspecified atom stereocenters. The van der Waals surface area contributed by atoms with Gasteiger partial charge in [-0.25, -0.2) is 4.79 Å². The van der Waals surface area contributed by atoms with E-state index in [1.165, 1.54) is 13.8 Å². The van der Waals surface area contributed by atoms with Gasteiger partial charge in [-0.1, -0.05) is 19.9 Å². The monoisotopic (exact) mass is 378 g/mol. The number of aliphatic hydroxyl groups is 1. The average molecular weight is 378 g/mol. The molecule has 7 nitrogen and oxygen atoms in total. The van der Waals surface area contributed by atoms with Crippen molar-refractivity contribution in [2.24, 2.45) is 0 Å². The number of esters is 1. The Morgan fingerprint density at radius 2 is 1.78 bits per heavy atom. The van der Waals surface area contributed by atoms with Crippen LogP contribution in [-0.4, -0.2) is 46.2 Å². The summed E-state index contributed by atoms with van der Waals surface area (Å²) in [5.41, 5.74) is -1.23. The van der Waals surface area contributed by atoms with Crippen molar-refractivity contribution in [3.63, 3.8) is 0 Å². The number of hydrogen-bond acceptors (Lipinski definition) is 6. The minimum atomic E-state index is -1.46. The van der Waals surface area contributed by atoms with Crippen LogP contribution in [0.3, 0.4) is 0 Å². The first-order chi connectivity index (χ1) is 12.5. The molecule has 0 aromatic heterocycles. The van der Waals surface area contributed by atoms with Crippen LogP contribution in [-0.2, 0) is 14.3 Å². The van der Waals surface area contributed by atoms with Crippen LogP contribution in [0.2, 0.25) is 0 Å². The number of carboxylic acids is 1. The highest BCUT2D eigenvalue weighted by molar-refractivity contribution is 6.01. The highest BCUT2D eigenvalue weighted by atomic mass is 16.6. The van der Waals surface area contributed by atoms with Gasteiger partial charge in [0.25, 0.3) is 0 Å². The molecule has 0 heterocycles. The molecule has 0 aliphatic heterocycles. The summed E-state index contributed by atoms with van der Waals surface area (Å²) in [5, 5.41) is 18.4. The zero-order chi connectivity index (χ0) is 20.6. The lowest BCUT2D eigenvalue weighted by molar-refractivity contribution is -0.144. The topological polar surface area (TPSA) is 110 Å². The van der Waals surface area contributed by atoms with Gasteiger partial charge in [-0.3, -0.25) is 9.59 Å². The van der Waals surface area contributed by atoms with Crippen LogP contribution < -0.4 is 4.74 Å². The summed E-state index contributed by atoms with van der Waals surface area (Å²) in [4.78, 5) is 34.4. The molecule has 1 aromatic rings. The van der Waals surface area contributed by atoms with Gasteiger partial charge in [0, 0.05) is 11.1 Å². The van der Waals surface area contributed by atoms with Crippen molar-refractivity contribution in [3.8, 4) is 5.75 Å². The fraction of sp³-hybridized carbons (Fsp3) is 0.450. The Morgan fingerprint density at radius 3 is 2.26 bits per heavy atom. The normalized spacial score (nSPS) is 12.1. The molecule has 0 saturated carbocycles. The molecule has 0 bridgehead atoms. The Morgan fingerprint density at radius 1 is 1.19 bits per heavy atom. The Bertz CT molecular complexity index is 683. The molecule has 27 heavy (non-hydrogen) atoms. The second-order valence-corrected chi connectivity index (χ2v) is 6.71. The number of carboxylic acid groups (broad SMARTS) is 1. The van der Waals surface area contributed by atoms with E-state index in [1.807, 2.05) is 6.92 Å². The molecule has 0 amide bonds. The maximum absolute atomic E-state index is 12.0. The van der Waals surface area contributed by atoms with Crippen LogP contribution >= 0.6 is 0 Å². The molecule has 2 N–H and O–H groups in total. The van der Waals surface area contributed by atoms with Crippen molar-refractivity contribution in [2.75, 3.05) is 6.61 Å². The fourth-order valence-electron chi connectivity index (χ4n) is 2.25. The number of carbonyl (C=O) groups is 3. The highest BCUT2D eigenvalue weighted by Crippen LogP contribution is 2.19. The molecule has 148 valence electrons. The summed E-state index contributed by atoms with van der Waals surface area (Å²) in [6.45, 7) is 8.15. The summed E-state index contributed by atoms with van der Waals surface area (Å²) < 4.78 is 10.9. The van der Waals surface area contributed by atoms with E-state index >= 15 is 0 Å². The van der Waals surface area contributed by atoms with Crippen molar-refractivity contribution >= 4 is 17.7 Å². The first kappa shape index (κ1) is 22.4. The van der Waals surface area contributed by atoms with Gasteiger partial charge in [0.1, 0.15) is 24.1 Å². The molecule has 7 heteroatoms. The zero-order valence-corrected chi connectivity index (χ0v) is 15.9. The smallest absolute Gasteiger partial charge is 0.334 e. The number of aliphatic carboxylic acids is 1. The number of carbonyl (C=O) groups excluding carboxylic acids is 2. The van der Waals surface area contributed by atoms with Gasteiger partial charge >= 0.3 is 11.9 Å². The lowest BCUT2D eigenvalue weighted by atomic mass is 9.97. The van der Waals surface area contributed by atoms with Crippen LogP contribution in [0.1, 0.15) is 50.4 Å². The Balaban J connectivity index is 2.69. The maximum atomic E-state index is 12.0. The predicted molar refractivity (Wildman–Crippen MR) is 98.7 cm³/mol. The van der Waals surface area contributed by atoms with E-state index in [0.29, 0.717) is 17.7 Å². The third-order valence-electron chi connectivity index (χ3n) is 3.64. The van der Waals surface area contributed by atoms with Crippen LogP contribution in [0.5, 0.6) is 5.75 Å². The molecule has 0 aliphatic rings. The van der Waals surface area contributed by atoms with Crippen molar-refractivity contribution in [2.45, 2.75) is 51.7 Å². The SMILES string of the molecule is C=C(CC(=O)O)C(=O)OCC(CCC)Oc1ccc(C(=O)C(C)(C)O)cc1. The van der Waals surface area contributed by atoms with E-state index in [-0.39, 0.29) is 12.2 Å². The molecule has 1 atom stereocenters. The summed E-state index contributed by atoms with van der Waals surface area (Å²) in [6, 6.07) is 6.32. The second kappa shape index (κ2) is 9.87. The molecule has 0 spiro atoms. The molecular weight excluding hydrogens is 352 g/mol. The van der Waals surface area contributed by atoms with Crippen LogP contribution in [0.15, 0.2) is 36.4 Å². The number of Topliss-reactive ketones (excluding diaryl/α,β-unsaturated/α-hetero) is 1. The maximum Gasteiger partial charge on any atom is 0.334 e. The number of hydrogen-bond donors (Lipinski definition) is 2. The van der Waals surface area contributed by atoms with Gasteiger partial charge in [0.15, 0.2) is 5.78 Å². The highest BCUT2D eigenvalue weighted by Gasteiger charge is 2.25. The summed E-state index contributed by atoms with van der Waals surface area (Å²) in [6.07, 6.45) is 0.498. The quantitative estimate of drug-likeness (QED) is 0.346. The van der Waals surface area contributed by atoms with Gasteiger partial charge in [0.05, 0.1) is 6.42 Å². The Labute approximate surface area is 158 Å². The van der Waals surface area contributed by atoms with E-state index in [1.54, 1.807) is 24.3 Å². The first-order valence-corrected chi connectivity index (χ1v) is 8.65. The molecule has 1 rings (SSSR count). The zero-order valence-electron chi connectivity index (χ0n) is 15.9. The van der Waals surface area contributed by atoms with E-state index in [9.17, 15) is 19.5 Å². The molecule has 1 aromatic carbocycles. The summed E-state index contributed by atoms with van der Waals surface area (Å²) in [7, 11) is 0. The van der Waals surface area contributed by atoms with Crippen LogP contribution in [0.4, 0.5) is 0 Å². The third kappa shape index (κ3) is 7.62. The number of ether oxygens (including phenoxy) is 2. The third-order valence-corrected chi connectivity index (χ3v) is 3.64. The lowest BCUT2D eigenvalue weighted by Gasteiger charge is -2.19. The summed E-state index contributed by atoms with van der Waals surface area (Å²) in [5.74, 6) is -1.83. The molecule has 0 saturated heterocycles. The standard InChI is InChI=1S/C20H26O7/c1-5-6-16(12-26-19(24)13(2)11-17(21)22)27-15-9-7-14(8-10-15)18(23)20(3,4)25/h7-10,16,25H,2,5-6,11-12H2,1,3-4H3,(H,21,22). The van der Waals surface area contributed by atoms with Gasteiger partial charge < -0.3 is 19.7 Å². The van der Waals surface area contributed by atoms with Crippen molar-refractivity contribution in [1.82, 2.24) is 0 Å². The molecular formula is C20H26O7. The number of ketones is 1. The molecule has 0 fully saturated rings. The molecule has 0 aliphatic carbocycles. The van der Waals surface area contributed by atoms with E-state index in [4.69, 9.17) is 14.6 Å². The minimum absolute atomic E-state index is 0.0460. The Hall–Kier alpha value is -2.67. The van der Waals surface area contributed by atoms with E-state index in [0.717, 1.165) is 6.42 Å². The predicted octanol–water partition coefficient (Wildman–Crippen LogP) is 2.76. The number of rotatable bonds is 11. The molecule has 0 radical (unpaired) electrons. The van der Waals surface area contributed by atoms with E-state index in [2.05, 4.69) is 6.58 Å². The van der Waals surface area contributed by atoms with Crippen LogP contribution in [0.25, 0.3) is 0 Å². The van der Waals surface area contributed by atoms with Crippen LogP contribution in [0, 0.1) is 0 Å². The van der Waals surface area contributed by atoms with Gasteiger partial charge in [-0.05, 0) is 44.5 Å². The van der Waals surface area contributed by atoms with Crippen molar-refractivity contribution in [1.29, 1.82) is 0 Å². The Kier molecular flexibility index (Phi) is 8.18. The van der Waals surface area contributed by atoms with Gasteiger partial charge in [-0.2, -0.15) is 0 Å². The van der Waals surface area contributed by atoms with Crippen molar-refractivity contribution in [3.05, 3.63) is 42.0 Å². The van der Waals surface area contributed by atoms with E-state index < -0.39 is 35.8 Å². The fourth-order valence-corrected chi connectivity index (χ4v) is 2.25. The largest absolute Gasteiger partial charge is 0.487 e. The summed E-state index contributed by atoms with van der Waals surface area (Å²) >= 11 is 0.